The topological polar surface area (TPSA) is 46.6 Å². The lowest BCUT2D eigenvalue weighted by atomic mass is 9.97. The predicted molar refractivity (Wildman–Crippen MR) is 80.6 cm³/mol. The second-order valence-electron chi connectivity index (χ2n) is 5.22. The average molecular weight is 277 g/mol. The van der Waals surface area contributed by atoms with Crippen LogP contribution in [0.15, 0.2) is 12.1 Å². The highest BCUT2D eigenvalue weighted by Crippen LogP contribution is 2.24. The van der Waals surface area contributed by atoms with Crippen LogP contribution in [0.25, 0.3) is 0 Å². The van der Waals surface area contributed by atoms with Crippen LogP contribution in [0.5, 0.6) is 0 Å². The fraction of sp³-hybridized carbons (Fsp3) is 0.500. The van der Waals surface area contributed by atoms with E-state index in [0.717, 1.165) is 22.4 Å². The van der Waals surface area contributed by atoms with Gasteiger partial charge < -0.3 is 4.74 Å². The Balaban J connectivity index is 3.10. The molecule has 20 heavy (non-hydrogen) atoms. The number of aryl methyl sites for hydroxylation is 2. The highest BCUT2D eigenvalue weighted by atomic mass is 16.6. The minimum atomic E-state index is -0.395. The van der Waals surface area contributed by atoms with Gasteiger partial charge in [-0.3, -0.25) is 9.69 Å². The van der Waals surface area contributed by atoms with Gasteiger partial charge in [0.15, 0.2) is 5.78 Å². The SMILES string of the molecule is CCC(=O)c1c(C)cc(N(C)C(=O)OC(C)C)cc1C. The molecule has 1 aromatic rings. The summed E-state index contributed by atoms with van der Waals surface area (Å²) in [4.78, 5) is 25.3. The molecule has 1 aromatic carbocycles. The molecule has 1 rings (SSSR count). The molecule has 0 aromatic heterocycles. The standard InChI is InChI=1S/C16H23NO3/c1-7-14(18)15-11(4)8-13(9-12(15)5)17(6)16(19)20-10(2)3/h8-10H,7H2,1-6H3. The number of ketones is 1. The van der Waals surface area contributed by atoms with Crippen molar-refractivity contribution in [1.82, 2.24) is 0 Å². The van der Waals surface area contributed by atoms with Gasteiger partial charge in [-0.2, -0.15) is 0 Å². The van der Waals surface area contributed by atoms with Crippen molar-refractivity contribution in [3.8, 4) is 0 Å². The first-order valence-corrected chi connectivity index (χ1v) is 6.86. The minimum absolute atomic E-state index is 0.124. The van der Waals surface area contributed by atoms with Gasteiger partial charge in [0, 0.05) is 24.7 Å². The lowest BCUT2D eigenvalue weighted by Crippen LogP contribution is -2.29. The van der Waals surface area contributed by atoms with Crippen molar-refractivity contribution in [1.29, 1.82) is 0 Å². The van der Waals surface area contributed by atoms with Crippen LogP contribution in [0.2, 0.25) is 0 Å². The Morgan fingerprint density at radius 2 is 1.70 bits per heavy atom. The second kappa shape index (κ2) is 6.55. The molecule has 0 saturated carbocycles. The Labute approximate surface area is 120 Å². The van der Waals surface area contributed by atoms with Gasteiger partial charge in [0.1, 0.15) is 0 Å². The largest absolute Gasteiger partial charge is 0.446 e. The van der Waals surface area contributed by atoms with Crippen molar-refractivity contribution in [2.24, 2.45) is 0 Å². The summed E-state index contributed by atoms with van der Waals surface area (Å²) >= 11 is 0. The van der Waals surface area contributed by atoms with Crippen molar-refractivity contribution in [2.75, 3.05) is 11.9 Å². The number of rotatable bonds is 4. The van der Waals surface area contributed by atoms with Gasteiger partial charge in [-0.15, -0.1) is 0 Å². The summed E-state index contributed by atoms with van der Waals surface area (Å²) in [5.74, 6) is 0.124. The van der Waals surface area contributed by atoms with Gasteiger partial charge in [-0.25, -0.2) is 4.79 Å². The molecule has 0 aliphatic heterocycles. The monoisotopic (exact) mass is 277 g/mol. The third kappa shape index (κ3) is 3.59. The van der Waals surface area contributed by atoms with Crippen LogP contribution in [0.3, 0.4) is 0 Å². The summed E-state index contributed by atoms with van der Waals surface area (Å²) < 4.78 is 5.17. The quantitative estimate of drug-likeness (QED) is 0.785. The number of hydrogen-bond donors (Lipinski definition) is 0. The smallest absolute Gasteiger partial charge is 0.414 e. The maximum Gasteiger partial charge on any atom is 0.414 e. The number of nitrogens with zero attached hydrogens (tertiary/aromatic N) is 1. The Bertz CT molecular complexity index is 497. The zero-order valence-corrected chi connectivity index (χ0v) is 13.1. The van der Waals surface area contributed by atoms with Crippen LogP contribution in [0, 0.1) is 13.8 Å². The van der Waals surface area contributed by atoms with E-state index in [-0.39, 0.29) is 11.9 Å². The van der Waals surface area contributed by atoms with E-state index in [9.17, 15) is 9.59 Å². The molecule has 110 valence electrons. The van der Waals surface area contributed by atoms with E-state index in [2.05, 4.69) is 0 Å². The van der Waals surface area contributed by atoms with Gasteiger partial charge in [0.25, 0.3) is 0 Å². The van der Waals surface area contributed by atoms with Crippen molar-refractivity contribution < 1.29 is 14.3 Å². The highest BCUT2D eigenvalue weighted by Gasteiger charge is 2.17. The van der Waals surface area contributed by atoms with E-state index < -0.39 is 6.09 Å². The van der Waals surface area contributed by atoms with Gasteiger partial charge >= 0.3 is 6.09 Å². The molecular weight excluding hydrogens is 254 g/mol. The first-order valence-electron chi connectivity index (χ1n) is 6.86. The first-order chi connectivity index (χ1) is 9.27. The maximum atomic E-state index is 11.9. The molecule has 0 heterocycles. The molecule has 0 fully saturated rings. The number of benzene rings is 1. The van der Waals surface area contributed by atoms with E-state index in [4.69, 9.17) is 4.74 Å². The van der Waals surface area contributed by atoms with Crippen LogP contribution in [0.4, 0.5) is 10.5 Å². The average Bonchev–Trinajstić information content (AvgIpc) is 2.35. The minimum Gasteiger partial charge on any atom is -0.446 e. The molecule has 4 heteroatoms. The summed E-state index contributed by atoms with van der Waals surface area (Å²) in [6, 6.07) is 3.69. The van der Waals surface area contributed by atoms with E-state index >= 15 is 0 Å². The lowest BCUT2D eigenvalue weighted by Gasteiger charge is -2.21. The van der Waals surface area contributed by atoms with Crippen LogP contribution in [0.1, 0.15) is 48.7 Å². The Morgan fingerprint density at radius 1 is 1.20 bits per heavy atom. The predicted octanol–water partition coefficient (Wildman–Crippen LogP) is 3.88. The summed E-state index contributed by atoms with van der Waals surface area (Å²) in [7, 11) is 1.67. The Hall–Kier alpha value is -1.84. The third-order valence-electron chi connectivity index (χ3n) is 3.12. The number of Topliss-reactive ketones (excluding diaryl/α,β-unsaturated/α-hetero) is 1. The number of ether oxygens (including phenoxy) is 1. The van der Waals surface area contributed by atoms with Crippen LogP contribution in [-0.2, 0) is 4.74 Å². The number of anilines is 1. The Morgan fingerprint density at radius 3 is 2.10 bits per heavy atom. The van der Waals surface area contributed by atoms with E-state index in [1.165, 1.54) is 4.90 Å². The molecule has 0 unspecified atom stereocenters. The molecule has 0 spiro atoms. The summed E-state index contributed by atoms with van der Waals surface area (Å²) in [6.07, 6.45) is -0.0758. The second-order valence-corrected chi connectivity index (χ2v) is 5.22. The zero-order chi connectivity index (χ0) is 15.4. The fourth-order valence-corrected chi connectivity index (χ4v) is 2.14. The van der Waals surface area contributed by atoms with E-state index in [1.54, 1.807) is 7.05 Å². The molecule has 4 nitrogen and oxygen atoms in total. The zero-order valence-electron chi connectivity index (χ0n) is 13.1. The van der Waals surface area contributed by atoms with Gasteiger partial charge in [0.05, 0.1) is 6.10 Å². The molecule has 0 radical (unpaired) electrons. The number of hydrogen-bond acceptors (Lipinski definition) is 3. The van der Waals surface area contributed by atoms with Crippen molar-refractivity contribution in [3.63, 3.8) is 0 Å². The Kier molecular flexibility index (Phi) is 5.31. The summed E-state index contributed by atoms with van der Waals surface area (Å²) in [5.41, 5.74) is 3.26. The fourth-order valence-electron chi connectivity index (χ4n) is 2.14. The third-order valence-corrected chi connectivity index (χ3v) is 3.12. The molecular formula is C16H23NO3. The molecule has 0 bridgehead atoms. The molecule has 0 saturated heterocycles. The highest BCUT2D eigenvalue weighted by molar-refractivity contribution is 5.99. The summed E-state index contributed by atoms with van der Waals surface area (Å²) in [6.45, 7) is 9.25. The molecule has 0 aliphatic carbocycles. The first kappa shape index (κ1) is 16.2. The van der Waals surface area contributed by atoms with Crippen LogP contribution < -0.4 is 4.90 Å². The van der Waals surface area contributed by atoms with E-state index in [1.807, 2.05) is 46.8 Å². The van der Waals surface area contributed by atoms with E-state index in [0.29, 0.717) is 6.42 Å². The van der Waals surface area contributed by atoms with Crippen molar-refractivity contribution in [2.45, 2.75) is 47.1 Å². The van der Waals surface area contributed by atoms with Gasteiger partial charge in [-0.1, -0.05) is 6.92 Å². The number of carbonyl (C=O) groups is 2. The normalized spacial score (nSPS) is 10.6. The van der Waals surface area contributed by atoms with Gasteiger partial charge in [0.2, 0.25) is 0 Å². The van der Waals surface area contributed by atoms with Crippen LogP contribution >= 0.6 is 0 Å². The lowest BCUT2D eigenvalue weighted by molar-refractivity contribution is 0.0987. The van der Waals surface area contributed by atoms with Gasteiger partial charge in [-0.05, 0) is 51.0 Å². The molecule has 0 atom stereocenters. The van der Waals surface area contributed by atoms with Crippen molar-refractivity contribution >= 4 is 17.6 Å². The maximum absolute atomic E-state index is 11.9. The van der Waals surface area contributed by atoms with Crippen LogP contribution in [-0.4, -0.2) is 25.0 Å². The number of carbonyl (C=O) groups excluding carboxylic acids is 2. The summed E-state index contributed by atoms with van der Waals surface area (Å²) in [5, 5.41) is 0. The number of amides is 1. The molecule has 1 amide bonds. The molecule has 0 N–H and O–H groups in total. The molecule has 0 aliphatic rings. The van der Waals surface area contributed by atoms with Crippen molar-refractivity contribution in [3.05, 3.63) is 28.8 Å².